The van der Waals surface area contributed by atoms with E-state index in [4.69, 9.17) is 4.74 Å². The average molecular weight is 432 g/mol. The van der Waals surface area contributed by atoms with Crippen LogP contribution in [0.5, 0.6) is 5.75 Å². The van der Waals surface area contributed by atoms with Gasteiger partial charge in [0.1, 0.15) is 5.75 Å². The molecule has 1 fully saturated rings. The van der Waals surface area contributed by atoms with E-state index in [9.17, 15) is 8.42 Å². The van der Waals surface area contributed by atoms with Gasteiger partial charge >= 0.3 is 0 Å². The van der Waals surface area contributed by atoms with Gasteiger partial charge in [-0.25, -0.2) is 18.4 Å². The zero-order chi connectivity index (χ0) is 21.7. The van der Waals surface area contributed by atoms with Crippen LogP contribution in [0, 0.1) is 24.7 Å². The first-order valence-corrected chi connectivity index (χ1v) is 12.6. The molecule has 164 valence electrons. The number of benzene rings is 1. The largest absolute Gasteiger partial charge is 0.494 e. The molecule has 1 aliphatic rings. The SMILES string of the molecule is Cc1cnc(N2CCC(C(C)C(C)CCOc3ccc(S(C)(=O)=O)cc3)CC2)nc1. The molecule has 7 heteroatoms. The second-order valence-electron chi connectivity index (χ2n) is 8.60. The van der Waals surface area contributed by atoms with Gasteiger partial charge in [-0.15, -0.1) is 0 Å². The van der Waals surface area contributed by atoms with E-state index in [1.54, 1.807) is 24.3 Å². The quantitative estimate of drug-likeness (QED) is 0.625. The fourth-order valence-electron chi connectivity index (χ4n) is 4.05. The Balaban J connectivity index is 1.42. The van der Waals surface area contributed by atoms with Gasteiger partial charge in [0.05, 0.1) is 11.5 Å². The van der Waals surface area contributed by atoms with Crippen molar-refractivity contribution in [1.82, 2.24) is 9.97 Å². The predicted molar refractivity (Wildman–Crippen MR) is 120 cm³/mol. The minimum Gasteiger partial charge on any atom is -0.494 e. The molecule has 2 aromatic rings. The van der Waals surface area contributed by atoms with Gasteiger partial charge in [-0.2, -0.15) is 0 Å². The van der Waals surface area contributed by atoms with Gasteiger partial charge in [-0.1, -0.05) is 13.8 Å². The van der Waals surface area contributed by atoms with Gasteiger partial charge in [0.15, 0.2) is 9.84 Å². The maximum atomic E-state index is 11.5. The van der Waals surface area contributed by atoms with E-state index in [0.29, 0.717) is 35.0 Å². The highest BCUT2D eigenvalue weighted by Crippen LogP contribution is 2.32. The standard InChI is InChI=1S/C23H33N3O3S/c1-17-15-24-23(25-16-17)26-12-9-20(10-13-26)19(3)18(2)11-14-29-21-5-7-22(8-6-21)30(4,27)28/h5-8,15-16,18-20H,9-14H2,1-4H3. The monoisotopic (exact) mass is 431 g/mol. The summed E-state index contributed by atoms with van der Waals surface area (Å²) in [5.74, 6) is 3.45. The van der Waals surface area contributed by atoms with Crippen LogP contribution in [-0.2, 0) is 9.84 Å². The summed E-state index contributed by atoms with van der Waals surface area (Å²) in [6.07, 6.45) is 8.29. The number of rotatable bonds is 8. The zero-order valence-corrected chi connectivity index (χ0v) is 19.2. The van der Waals surface area contributed by atoms with Gasteiger partial charge in [0.2, 0.25) is 5.95 Å². The molecule has 6 nitrogen and oxygen atoms in total. The maximum Gasteiger partial charge on any atom is 0.225 e. The van der Waals surface area contributed by atoms with Crippen molar-refractivity contribution in [3.8, 4) is 5.75 Å². The number of sulfone groups is 1. The molecule has 30 heavy (non-hydrogen) atoms. The second kappa shape index (κ2) is 9.77. The van der Waals surface area contributed by atoms with Crippen LogP contribution < -0.4 is 9.64 Å². The molecule has 0 amide bonds. The lowest BCUT2D eigenvalue weighted by atomic mass is 9.77. The molecule has 0 N–H and O–H groups in total. The molecule has 3 rings (SSSR count). The second-order valence-corrected chi connectivity index (χ2v) is 10.6. The third-order valence-corrected chi connectivity index (χ3v) is 7.45. The molecule has 2 heterocycles. The lowest BCUT2D eigenvalue weighted by Gasteiger charge is -2.37. The molecule has 0 aliphatic carbocycles. The van der Waals surface area contributed by atoms with Crippen molar-refractivity contribution >= 4 is 15.8 Å². The molecule has 1 aromatic heterocycles. The molecule has 0 saturated carbocycles. The van der Waals surface area contributed by atoms with Crippen LogP contribution in [0.15, 0.2) is 41.6 Å². The van der Waals surface area contributed by atoms with Crippen LogP contribution in [0.4, 0.5) is 5.95 Å². The first kappa shape index (κ1) is 22.5. The van der Waals surface area contributed by atoms with Crippen molar-refractivity contribution in [1.29, 1.82) is 0 Å². The Kier molecular flexibility index (Phi) is 7.34. The normalized spacial score (nSPS) is 17.5. The van der Waals surface area contributed by atoms with Gasteiger partial charge in [-0.05, 0) is 73.8 Å². The van der Waals surface area contributed by atoms with E-state index >= 15 is 0 Å². The number of aryl methyl sites for hydroxylation is 1. The topological polar surface area (TPSA) is 72.4 Å². The van der Waals surface area contributed by atoms with Crippen molar-refractivity contribution in [2.75, 3.05) is 30.9 Å². The highest BCUT2D eigenvalue weighted by atomic mass is 32.2. The van der Waals surface area contributed by atoms with Gasteiger partial charge in [0, 0.05) is 31.7 Å². The first-order valence-electron chi connectivity index (χ1n) is 10.7. The summed E-state index contributed by atoms with van der Waals surface area (Å²) in [6.45, 7) is 9.32. The molecular weight excluding hydrogens is 398 g/mol. The Morgan fingerprint density at radius 1 is 1.10 bits per heavy atom. The van der Waals surface area contributed by atoms with E-state index in [0.717, 1.165) is 43.9 Å². The highest BCUT2D eigenvalue weighted by molar-refractivity contribution is 7.90. The fourth-order valence-corrected chi connectivity index (χ4v) is 4.68. The number of hydrogen-bond acceptors (Lipinski definition) is 6. The third kappa shape index (κ3) is 5.94. The Bertz CT molecular complexity index is 906. The molecule has 2 atom stereocenters. The summed E-state index contributed by atoms with van der Waals surface area (Å²) < 4.78 is 28.9. The van der Waals surface area contributed by atoms with E-state index in [2.05, 4.69) is 28.7 Å². The summed E-state index contributed by atoms with van der Waals surface area (Å²) in [7, 11) is -3.17. The Labute approximate surface area is 180 Å². The number of nitrogens with zero attached hydrogens (tertiary/aromatic N) is 3. The molecule has 1 aromatic carbocycles. The number of anilines is 1. The molecule has 0 spiro atoms. The van der Waals surface area contributed by atoms with Crippen LogP contribution in [-0.4, -0.2) is 44.3 Å². The fraction of sp³-hybridized carbons (Fsp3) is 0.565. The smallest absolute Gasteiger partial charge is 0.225 e. The molecular formula is C23H33N3O3S. The van der Waals surface area contributed by atoms with Crippen LogP contribution in [0.2, 0.25) is 0 Å². The molecule has 2 unspecified atom stereocenters. The molecule has 0 bridgehead atoms. The highest BCUT2D eigenvalue weighted by Gasteiger charge is 2.28. The number of piperidine rings is 1. The van der Waals surface area contributed by atoms with Crippen molar-refractivity contribution in [3.05, 3.63) is 42.2 Å². The van der Waals surface area contributed by atoms with Crippen LogP contribution in [0.1, 0.15) is 38.7 Å². The predicted octanol–water partition coefficient (Wildman–Crippen LogP) is 4.15. The van der Waals surface area contributed by atoms with E-state index < -0.39 is 9.84 Å². The number of ether oxygens (including phenoxy) is 1. The lowest BCUT2D eigenvalue weighted by Crippen LogP contribution is -2.38. The van der Waals surface area contributed by atoms with Crippen molar-refractivity contribution in [3.63, 3.8) is 0 Å². The van der Waals surface area contributed by atoms with Crippen LogP contribution in [0.3, 0.4) is 0 Å². The van der Waals surface area contributed by atoms with Crippen molar-refractivity contribution in [2.24, 2.45) is 17.8 Å². The molecule has 1 saturated heterocycles. The summed E-state index contributed by atoms with van der Waals surface area (Å²) in [5, 5.41) is 0. The van der Waals surface area contributed by atoms with E-state index in [1.807, 2.05) is 19.3 Å². The third-order valence-electron chi connectivity index (χ3n) is 6.32. The average Bonchev–Trinajstić information content (AvgIpc) is 2.73. The van der Waals surface area contributed by atoms with E-state index in [1.165, 1.54) is 6.26 Å². The molecule has 0 radical (unpaired) electrons. The van der Waals surface area contributed by atoms with Gasteiger partial charge in [-0.3, -0.25) is 0 Å². The minimum absolute atomic E-state index is 0.319. The Morgan fingerprint density at radius 3 is 2.27 bits per heavy atom. The van der Waals surface area contributed by atoms with Crippen molar-refractivity contribution < 1.29 is 13.2 Å². The zero-order valence-electron chi connectivity index (χ0n) is 18.4. The first-order chi connectivity index (χ1) is 14.2. The van der Waals surface area contributed by atoms with Crippen LogP contribution >= 0.6 is 0 Å². The Morgan fingerprint density at radius 2 is 1.70 bits per heavy atom. The minimum atomic E-state index is -3.17. The van der Waals surface area contributed by atoms with E-state index in [-0.39, 0.29) is 0 Å². The van der Waals surface area contributed by atoms with Gasteiger partial charge in [0.25, 0.3) is 0 Å². The maximum absolute atomic E-state index is 11.5. The lowest BCUT2D eigenvalue weighted by molar-refractivity contribution is 0.186. The molecule has 1 aliphatic heterocycles. The van der Waals surface area contributed by atoms with Gasteiger partial charge < -0.3 is 9.64 Å². The summed E-state index contributed by atoms with van der Waals surface area (Å²) in [6, 6.07) is 6.66. The number of aromatic nitrogens is 2. The summed E-state index contributed by atoms with van der Waals surface area (Å²) in [5.41, 5.74) is 1.09. The summed E-state index contributed by atoms with van der Waals surface area (Å²) >= 11 is 0. The van der Waals surface area contributed by atoms with Crippen molar-refractivity contribution in [2.45, 2.75) is 44.9 Å². The number of hydrogen-bond donors (Lipinski definition) is 0. The Hall–Kier alpha value is -2.15. The van der Waals surface area contributed by atoms with Crippen LogP contribution in [0.25, 0.3) is 0 Å². The summed E-state index contributed by atoms with van der Waals surface area (Å²) in [4.78, 5) is 11.5.